The normalized spacial score (nSPS) is 20.5. The van der Waals surface area contributed by atoms with E-state index in [1.54, 1.807) is 12.4 Å². The second-order valence-corrected chi connectivity index (χ2v) is 8.40. The number of nitrogens with one attached hydrogen (secondary N) is 2. The molecule has 2 N–H and O–H groups in total. The molecule has 164 valence electrons. The van der Waals surface area contributed by atoms with E-state index < -0.39 is 0 Å². The van der Waals surface area contributed by atoms with E-state index in [9.17, 15) is 4.79 Å². The highest BCUT2D eigenvalue weighted by Gasteiger charge is 2.32. The summed E-state index contributed by atoms with van der Waals surface area (Å²) in [6.45, 7) is 4.65. The Morgan fingerprint density at radius 1 is 1.12 bits per heavy atom. The summed E-state index contributed by atoms with van der Waals surface area (Å²) in [6.07, 6.45) is 5.08. The zero-order chi connectivity index (χ0) is 22.1. The van der Waals surface area contributed by atoms with Crippen LogP contribution in [-0.4, -0.2) is 43.5 Å². The van der Waals surface area contributed by atoms with Gasteiger partial charge in [0.2, 0.25) is 0 Å². The number of aromatic nitrogens is 5. The summed E-state index contributed by atoms with van der Waals surface area (Å²) in [4.78, 5) is 23.3. The summed E-state index contributed by atoms with van der Waals surface area (Å²) in [5.74, 6) is 0.573. The number of oxazole rings is 1. The fraction of sp³-hybridized carbons (Fsp3) is 0.348. The molecule has 1 aliphatic rings. The Labute approximate surface area is 185 Å². The van der Waals surface area contributed by atoms with Crippen LogP contribution in [0.25, 0.3) is 16.8 Å². The van der Waals surface area contributed by atoms with Crippen molar-refractivity contribution in [2.45, 2.75) is 32.7 Å². The van der Waals surface area contributed by atoms with Gasteiger partial charge < -0.3 is 15.1 Å². The number of hydrogen-bond acceptors (Lipinski definition) is 7. The first kappa shape index (κ1) is 20.2. The molecule has 1 saturated carbocycles. The SMILES string of the molecule is Cc1ccc(-n2nccn2)c(C(=O)NCC2CC(C)C(Nc3nc4ccccc4o3)C2)n1. The molecule has 5 rings (SSSR count). The van der Waals surface area contributed by atoms with Gasteiger partial charge in [-0.3, -0.25) is 4.79 Å². The number of carbonyl (C=O) groups is 1. The van der Waals surface area contributed by atoms with Crippen molar-refractivity contribution in [2.75, 3.05) is 11.9 Å². The number of nitrogens with zero attached hydrogens (tertiary/aromatic N) is 5. The average Bonchev–Trinajstić information content (AvgIpc) is 3.52. The summed E-state index contributed by atoms with van der Waals surface area (Å²) >= 11 is 0. The van der Waals surface area contributed by atoms with Gasteiger partial charge in [0.1, 0.15) is 11.2 Å². The highest BCUT2D eigenvalue weighted by molar-refractivity contribution is 5.95. The van der Waals surface area contributed by atoms with Crippen LogP contribution in [0.1, 0.15) is 35.9 Å². The molecule has 32 heavy (non-hydrogen) atoms. The number of pyridine rings is 1. The maximum absolute atomic E-state index is 12.9. The molecular formula is C23H25N7O2. The Balaban J connectivity index is 1.22. The molecule has 0 spiro atoms. The van der Waals surface area contributed by atoms with Crippen LogP contribution in [0, 0.1) is 18.8 Å². The van der Waals surface area contributed by atoms with Crippen LogP contribution in [-0.2, 0) is 0 Å². The molecule has 3 unspecified atom stereocenters. The summed E-state index contributed by atoms with van der Waals surface area (Å²) in [6, 6.07) is 12.2. The molecule has 0 saturated heterocycles. The van der Waals surface area contributed by atoms with Gasteiger partial charge >= 0.3 is 0 Å². The third-order valence-corrected chi connectivity index (χ3v) is 6.00. The van der Waals surface area contributed by atoms with Crippen LogP contribution in [0.4, 0.5) is 6.01 Å². The molecule has 1 amide bonds. The van der Waals surface area contributed by atoms with E-state index in [2.05, 4.69) is 37.7 Å². The molecule has 9 nitrogen and oxygen atoms in total. The van der Waals surface area contributed by atoms with Crippen LogP contribution < -0.4 is 10.6 Å². The van der Waals surface area contributed by atoms with Crippen molar-refractivity contribution in [3.8, 4) is 5.69 Å². The van der Waals surface area contributed by atoms with Crippen molar-refractivity contribution < 1.29 is 9.21 Å². The van der Waals surface area contributed by atoms with Gasteiger partial charge in [0.15, 0.2) is 11.3 Å². The number of anilines is 1. The minimum Gasteiger partial charge on any atom is -0.424 e. The Morgan fingerprint density at radius 2 is 1.94 bits per heavy atom. The summed E-state index contributed by atoms with van der Waals surface area (Å²) in [5, 5.41) is 14.8. The molecular weight excluding hydrogens is 406 g/mol. The summed E-state index contributed by atoms with van der Waals surface area (Å²) in [7, 11) is 0. The van der Waals surface area contributed by atoms with Gasteiger partial charge in [-0.15, -0.1) is 4.80 Å². The number of hydrogen-bond donors (Lipinski definition) is 2. The topological polar surface area (TPSA) is 111 Å². The first-order valence-corrected chi connectivity index (χ1v) is 10.8. The van der Waals surface area contributed by atoms with E-state index in [-0.39, 0.29) is 11.9 Å². The molecule has 1 aliphatic carbocycles. The van der Waals surface area contributed by atoms with Crippen molar-refractivity contribution in [3.63, 3.8) is 0 Å². The molecule has 3 heterocycles. The number of benzene rings is 1. The van der Waals surface area contributed by atoms with Gasteiger partial charge in [0.25, 0.3) is 11.9 Å². The quantitative estimate of drug-likeness (QED) is 0.481. The molecule has 1 aromatic carbocycles. The third-order valence-electron chi connectivity index (χ3n) is 6.00. The summed E-state index contributed by atoms with van der Waals surface area (Å²) < 4.78 is 5.81. The molecule has 0 bridgehead atoms. The zero-order valence-electron chi connectivity index (χ0n) is 18.0. The highest BCUT2D eigenvalue weighted by Crippen LogP contribution is 2.33. The molecule has 1 fully saturated rings. The second-order valence-electron chi connectivity index (χ2n) is 8.40. The fourth-order valence-electron chi connectivity index (χ4n) is 4.38. The molecule has 3 aromatic heterocycles. The van der Waals surface area contributed by atoms with Gasteiger partial charge in [0.05, 0.1) is 12.4 Å². The van der Waals surface area contributed by atoms with E-state index in [1.807, 2.05) is 43.3 Å². The Kier molecular flexibility index (Phi) is 5.30. The minimum absolute atomic E-state index is 0.219. The first-order valence-electron chi connectivity index (χ1n) is 10.8. The predicted octanol–water partition coefficient (Wildman–Crippen LogP) is 3.37. The van der Waals surface area contributed by atoms with Crippen LogP contribution >= 0.6 is 0 Å². The first-order chi connectivity index (χ1) is 15.6. The summed E-state index contributed by atoms with van der Waals surface area (Å²) in [5.41, 5.74) is 3.28. The minimum atomic E-state index is -0.219. The van der Waals surface area contributed by atoms with Crippen LogP contribution in [0.3, 0.4) is 0 Å². The van der Waals surface area contributed by atoms with Crippen molar-refractivity contribution >= 4 is 23.0 Å². The monoisotopic (exact) mass is 431 g/mol. The van der Waals surface area contributed by atoms with Gasteiger partial charge in [-0.05, 0) is 55.9 Å². The lowest BCUT2D eigenvalue weighted by molar-refractivity contribution is 0.0941. The lowest BCUT2D eigenvalue weighted by Gasteiger charge is -2.15. The van der Waals surface area contributed by atoms with E-state index in [0.717, 1.165) is 29.6 Å². The van der Waals surface area contributed by atoms with Gasteiger partial charge in [0, 0.05) is 18.3 Å². The van der Waals surface area contributed by atoms with Gasteiger partial charge in [-0.2, -0.15) is 15.2 Å². The van der Waals surface area contributed by atoms with E-state index in [4.69, 9.17) is 4.42 Å². The lowest BCUT2D eigenvalue weighted by atomic mass is 10.1. The fourth-order valence-corrected chi connectivity index (χ4v) is 4.38. The van der Waals surface area contributed by atoms with Crippen LogP contribution in [0.5, 0.6) is 0 Å². The van der Waals surface area contributed by atoms with E-state index >= 15 is 0 Å². The van der Waals surface area contributed by atoms with Crippen LogP contribution in [0.15, 0.2) is 53.2 Å². The number of fused-ring (bicyclic) bond motifs is 1. The van der Waals surface area contributed by atoms with E-state index in [1.165, 1.54) is 4.80 Å². The lowest BCUT2D eigenvalue weighted by Crippen LogP contribution is -2.31. The molecule has 3 atom stereocenters. The van der Waals surface area contributed by atoms with Crippen molar-refractivity contribution in [1.29, 1.82) is 0 Å². The Hall–Kier alpha value is -3.75. The number of amides is 1. The van der Waals surface area contributed by atoms with E-state index in [0.29, 0.717) is 35.8 Å². The zero-order valence-corrected chi connectivity index (χ0v) is 18.0. The largest absolute Gasteiger partial charge is 0.424 e. The van der Waals surface area contributed by atoms with Crippen molar-refractivity contribution in [2.24, 2.45) is 11.8 Å². The maximum Gasteiger partial charge on any atom is 0.295 e. The molecule has 4 aromatic rings. The third kappa shape index (κ3) is 4.05. The molecule has 0 radical (unpaired) electrons. The average molecular weight is 432 g/mol. The smallest absolute Gasteiger partial charge is 0.295 e. The van der Waals surface area contributed by atoms with Gasteiger partial charge in [-0.1, -0.05) is 19.1 Å². The van der Waals surface area contributed by atoms with Crippen molar-refractivity contribution in [3.05, 3.63) is 60.2 Å². The number of rotatable bonds is 6. The second kappa shape index (κ2) is 8.41. The maximum atomic E-state index is 12.9. The molecule has 9 heteroatoms. The highest BCUT2D eigenvalue weighted by atomic mass is 16.4. The Bertz CT molecular complexity index is 1200. The van der Waals surface area contributed by atoms with Gasteiger partial charge in [-0.25, -0.2) is 4.98 Å². The Morgan fingerprint density at radius 3 is 2.75 bits per heavy atom. The van der Waals surface area contributed by atoms with Crippen molar-refractivity contribution in [1.82, 2.24) is 30.3 Å². The number of para-hydroxylation sites is 2. The number of carbonyl (C=O) groups excluding carboxylic acids is 1. The predicted molar refractivity (Wildman–Crippen MR) is 120 cm³/mol. The number of aryl methyl sites for hydroxylation is 1. The van der Waals surface area contributed by atoms with Crippen LogP contribution in [0.2, 0.25) is 0 Å². The molecule has 0 aliphatic heterocycles. The standard InChI is InChI=1S/C23H25N7O2/c1-14-11-16(12-18(14)29-23-28-17-5-3-4-6-20(17)32-23)13-24-22(31)21-19(8-7-15(2)27-21)30-25-9-10-26-30/h3-10,14,16,18H,11-13H2,1-2H3,(H,24,31)(H,28,29).